The summed E-state index contributed by atoms with van der Waals surface area (Å²) >= 11 is 1.13. The Bertz CT molecular complexity index is 806. The van der Waals surface area contributed by atoms with Gasteiger partial charge in [-0.15, -0.1) is 10.2 Å². The van der Waals surface area contributed by atoms with Crippen LogP contribution in [0.4, 0.5) is 11.6 Å². The Labute approximate surface area is 162 Å². The highest BCUT2D eigenvalue weighted by Crippen LogP contribution is 2.28. The van der Waals surface area contributed by atoms with Gasteiger partial charge in [0.1, 0.15) is 6.04 Å². The SMILES string of the molecule is CCC(C(=O)Nc1ccccc1C(C)C)n1c(N)nnc1SCC(=O)OC. The Morgan fingerprint density at radius 3 is 2.63 bits per heavy atom. The normalized spacial score (nSPS) is 12.0. The number of nitrogens with zero attached hydrogens (tertiary/aromatic N) is 3. The van der Waals surface area contributed by atoms with Crippen molar-refractivity contribution in [1.29, 1.82) is 0 Å². The number of hydrogen-bond donors (Lipinski definition) is 2. The molecule has 0 aliphatic carbocycles. The molecular weight excluding hydrogens is 366 g/mol. The fourth-order valence-electron chi connectivity index (χ4n) is 2.68. The number of methoxy groups -OCH3 is 1. The van der Waals surface area contributed by atoms with E-state index < -0.39 is 12.0 Å². The molecule has 0 fully saturated rings. The number of esters is 1. The topological polar surface area (TPSA) is 112 Å². The van der Waals surface area contributed by atoms with Gasteiger partial charge in [0, 0.05) is 5.69 Å². The van der Waals surface area contributed by atoms with Gasteiger partial charge >= 0.3 is 5.97 Å². The molecule has 2 rings (SSSR count). The summed E-state index contributed by atoms with van der Waals surface area (Å²) in [7, 11) is 1.32. The number of rotatable bonds is 8. The van der Waals surface area contributed by atoms with Crippen molar-refractivity contribution in [2.24, 2.45) is 0 Å². The van der Waals surface area contributed by atoms with E-state index in [1.54, 1.807) is 4.57 Å². The molecule has 1 amide bonds. The molecule has 9 heteroatoms. The fourth-order valence-corrected chi connectivity index (χ4v) is 3.50. The van der Waals surface area contributed by atoms with Crippen LogP contribution in [0.15, 0.2) is 29.4 Å². The third kappa shape index (κ3) is 5.00. The summed E-state index contributed by atoms with van der Waals surface area (Å²) in [5, 5.41) is 11.2. The molecule has 0 aliphatic heterocycles. The van der Waals surface area contributed by atoms with Gasteiger partial charge in [0.2, 0.25) is 11.9 Å². The summed E-state index contributed by atoms with van der Waals surface area (Å²) in [5.74, 6) is -0.147. The third-order valence-corrected chi connectivity index (χ3v) is 5.00. The smallest absolute Gasteiger partial charge is 0.316 e. The van der Waals surface area contributed by atoms with E-state index in [4.69, 9.17) is 5.73 Å². The predicted molar refractivity (Wildman–Crippen MR) is 106 cm³/mol. The number of benzene rings is 1. The van der Waals surface area contributed by atoms with Crippen molar-refractivity contribution in [3.05, 3.63) is 29.8 Å². The molecule has 0 radical (unpaired) electrons. The van der Waals surface area contributed by atoms with E-state index >= 15 is 0 Å². The second-order valence-electron chi connectivity index (χ2n) is 6.23. The lowest BCUT2D eigenvalue weighted by Gasteiger charge is -2.20. The van der Waals surface area contributed by atoms with Gasteiger partial charge in [0.05, 0.1) is 12.9 Å². The molecule has 1 aromatic heterocycles. The number of ether oxygens (including phenoxy) is 1. The number of nitrogens with one attached hydrogen (secondary N) is 1. The van der Waals surface area contributed by atoms with Crippen LogP contribution in [0.5, 0.6) is 0 Å². The van der Waals surface area contributed by atoms with Gasteiger partial charge in [0.15, 0.2) is 5.16 Å². The lowest BCUT2D eigenvalue weighted by atomic mass is 10.0. The van der Waals surface area contributed by atoms with E-state index in [0.29, 0.717) is 11.6 Å². The maximum Gasteiger partial charge on any atom is 0.316 e. The van der Waals surface area contributed by atoms with E-state index in [-0.39, 0.29) is 23.5 Å². The van der Waals surface area contributed by atoms with Crippen LogP contribution in [-0.4, -0.2) is 39.5 Å². The third-order valence-electron chi connectivity index (χ3n) is 4.08. The molecule has 27 heavy (non-hydrogen) atoms. The molecule has 8 nitrogen and oxygen atoms in total. The van der Waals surface area contributed by atoms with Gasteiger partial charge < -0.3 is 15.8 Å². The van der Waals surface area contributed by atoms with Gasteiger partial charge in [-0.05, 0) is 24.0 Å². The molecule has 0 bridgehead atoms. The Balaban J connectivity index is 2.25. The van der Waals surface area contributed by atoms with Crippen LogP contribution in [0.25, 0.3) is 0 Å². The second kappa shape index (κ2) is 9.40. The Morgan fingerprint density at radius 1 is 1.30 bits per heavy atom. The molecule has 0 spiro atoms. The largest absolute Gasteiger partial charge is 0.468 e. The van der Waals surface area contributed by atoms with E-state index in [9.17, 15) is 9.59 Å². The quantitative estimate of drug-likeness (QED) is 0.525. The Morgan fingerprint density at radius 2 is 2.00 bits per heavy atom. The molecule has 1 heterocycles. The van der Waals surface area contributed by atoms with Gasteiger partial charge in [-0.2, -0.15) is 0 Å². The van der Waals surface area contributed by atoms with Crippen LogP contribution in [-0.2, 0) is 14.3 Å². The Hall–Kier alpha value is -2.55. The Kier molecular flexibility index (Phi) is 7.23. The van der Waals surface area contributed by atoms with Crippen LogP contribution >= 0.6 is 11.8 Å². The van der Waals surface area contributed by atoms with Gasteiger partial charge in [-0.25, -0.2) is 0 Å². The van der Waals surface area contributed by atoms with Crippen LogP contribution in [0, 0.1) is 0 Å². The van der Waals surface area contributed by atoms with E-state index in [1.165, 1.54) is 7.11 Å². The summed E-state index contributed by atoms with van der Waals surface area (Å²) in [6, 6.07) is 7.10. The fraction of sp³-hybridized carbons (Fsp3) is 0.444. The van der Waals surface area contributed by atoms with Crippen molar-refractivity contribution in [1.82, 2.24) is 14.8 Å². The highest BCUT2D eigenvalue weighted by atomic mass is 32.2. The van der Waals surface area contributed by atoms with Crippen molar-refractivity contribution in [3.63, 3.8) is 0 Å². The zero-order chi connectivity index (χ0) is 20.0. The first-order valence-electron chi connectivity index (χ1n) is 8.68. The molecule has 0 aliphatic rings. The number of anilines is 2. The molecular formula is C18H25N5O3S. The van der Waals surface area contributed by atoms with E-state index in [1.807, 2.05) is 31.2 Å². The zero-order valence-corrected chi connectivity index (χ0v) is 16.7. The van der Waals surface area contributed by atoms with E-state index in [2.05, 4.69) is 34.1 Å². The first-order chi connectivity index (χ1) is 12.9. The summed E-state index contributed by atoms with van der Waals surface area (Å²) in [6.07, 6.45) is 0.490. The van der Waals surface area contributed by atoms with Crippen LogP contribution < -0.4 is 11.1 Å². The first kappa shape index (κ1) is 20.8. The van der Waals surface area contributed by atoms with Gasteiger partial charge in [-0.3, -0.25) is 14.2 Å². The lowest BCUT2D eigenvalue weighted by Crippen LogP contribution is -2.27. The molecule has 3 N–H and O–H groups in total. The van der Waals surface area contributed by atoms with Gasteiger partial charge in [0.25, 0.3) is 0 Å². The van der Waals surface area contributed by atoms with Crippen molar-refractivity contribution in [3.8, 4) is 0 Å². The van der Waals surface area contributed by atoms with Crippen molar-refractivity contribution < 1.29 is 14.3 Å². The minimum atomic E-state index is -0.597. The number of para-hydroxylation sites is 1. The number of nitrogens with two attached hydrogens (primary N) is 1. The molecule has 0 saturated heterocycles. The van der Waals surface area contributed by atoms with Crippen LogP contribution in [0.1, 0.15) is 44.7 Å². The molecule has 1 aromatic carbocycles. The van der Waals surface area contributed by atoms with Crippen LogP contribution in [0.3, 0.4) is 0 Å². The maximum atomic E-state index is 13.0. The summed E-state index contributed by atoms with van der Waals surface area (Å²) in [6.45, 7) is 6.02. The zero-order valence-electron chi connectivity index (χ0n) is 15.9. The maximum absolute atomic E-state index is 13.0. The standard InChI is InChI=1S/C18H25N5O3S/c1-5-14(16(25)20-13-9-7-6-8-12(13)11(2)3)23-17(19)21-22-18(23)27-10-15(24)26-4/h6-9,11,14H,5,10H2,1-4H3,(H2,19,21)(H,20,25). The second-order valence-corrected chi connectivity index (χ2v) is 7.17. The van der Waals surface area contributed by atoms with Crippen molar-refractivity contribution in [2.45, 2.75) is 44.3 Å². The highest BCUT2D eigenvalue weighted by molar-refractivity contribution is 7.99. The van der Waals surface area contributed by atoms with E-state index in [0.717, 1.165) is 23.0 Å². The summed E-state index contributed by atoms with van der Waals surface area (Å²) in [5.41, 5.74) is 7.77. The first-order valence-corrected chi connectivity index (χ1v) is 9.67. The average molecular weight is 391 g/mol. The summed E-state index contributed by atoms with van der Waals surface area (Å²) in [4.78, 5) is 24.4. The van der Waals surface area contributed by atoms with Crippen molar-refractivity contribution >= 4 is 35.3 Å². The molecule has 2 aromatic rings. The van der Waals surface area contributed by atoms with Gasteiger partial charge in [-0.1, -0.05) is 50.7 Å². The minimum Gasteiger partial charge on any atom is -0.468 e. The number of hydrogen-bond acceptors (Lipinski definition) is 7. The minimum absolute atomic E-state index is 0.0584. The molecule has 1 unspecified atom stereocenters. The highest BCUT2D eigenvalue weighted by Gasteiger charge is 2.26. The number of amides is 1. The van der Waals surface area contributed by atoms with Crippen molar-refractivity contribution in [2.75, 3.05) is 23.9 Å². The average Bonchev–Trinajstić information content (AvgIpc) is 3.01. The molecule has 146 valence electrons. The lowest BCUT2D eigenvalue weighted by molar-refractivity contribution is -0.137. The predicted octanol–water partition coefficient (Wildman–Crippen LogP) is 2.84. The molecule has 0 saturated carbocycles. The summed E-state index contributed by atoms with van der Waals surface area (Å²) < 4.78 is 6.20. The van der Waals surface area contributed by atoms with Crippen LogP contribution in [0.2, 0.25) is 0 Å². The molecule has 1 atom stereocenters. The number of aromatic nitrogens is 3. The monoisotopic (exact) mass is 391 g/mol. The number of carbonyl (C=O) groups excluding carboxylic acids is 2. The number of thioether (sulfide) groups is 1. The number of carbonyl (C=O) groups is 2. The number of nitrogen functional groups attached to an aromatic ring is 1.